The van der Waals surface area contributed by atoms with Gasteiger partial charge in [-0.3, -0.25) is 0 Å². The second kappa shape index (κ2) is 5.16. The zero-order valence-electron chi connectivity index (χ0n) is 12.0. The summed E-state index contributed by atoms with van der Waals surface area (Å²) in [7, 11) is 1.39. The van der Waals surface area contributed by atoms with Crippen molar-refractivity contribution in [2.75, 3.05) is 7.11 Å². The average molecular weight is 285 g/mol. The van der Waals surface area contributed by atoms with Gasteiger partial charge in [-0.1, -0.05) is 31.1 Å². The molecule has 4 nitrogen and oxygen atoms in total. The Labute approximate surface area is 121 Å². The molecule has 1 aromatic carbocycles. The van der Waals surface area contributed by atoms with Gasteiger partial charge in [0.2, 0.25) is 0 Å². The van der Waals surface area contributed by atoms with Crippen molar-refractivity contribution in [3.05, 3.63) is 42.0 Å². The first-order chi connectivity index (χ1) is 10.1. The van der Waals surface area contributed by atoms with Gasteiger partial charge in [0, 0.05) is 16.5 Å². The topological polar surface area (TPSA) is 48.2 Å². The van der Waals surface area contributed by atoms with Crippen molar-refractivity contribution in [2.45, 2.75) is 19.8 Å². The van der Waals surface area contributed by atoms with Crippen LogP contribution in [0.2, 0.25) is 0 Å². The molecule has 0 atom stereocenters. The molecule has 0 aliphatic rings. The minimum absolute atomic E-state index is 0.00968. The van der Waals surface area contributed by atoms with Crippen LogP contribution in [0.3, 0.4) is 0 Å². The molecule has 2 heterocycles. The van der Waals surface area contributed by atoms with Crippen LogP contribution in [0, 0.1) is 12.0 Å². The Balaban J connectivity index is 2.35. The summed E-state index contributed by atoms with van der Waals surface area (Å²) in [4.78, 5) is 4.11. The van der Waals surface area contributed by atoms with Crippen LogP contribution in [0.15, 0.2) is 29.0 Å². The third-order valence-corrected chi connectivity index (χ3v) is 3.42. The van der Waals surface area contributed by atoms with E-state index in [4.69, 9.17) is 9.26 Å². The summed E-state index contributed by atoms with van der Waals surface area (Å²) in [6, 6.07) is 5.34. The number of halogens is 1. The maximum absolute atomic E-state index is 14.6. The van der Waals surface area contributed by atoms with E-state index in [1.807, 2.05) is 19.9 Å². The third kappa shape index (κ3) is 2.14. The maximum atomic E-state index is 14.6. The second-order valence-corrected chi connectivity index (χ2v) is 5.04. The highest BCUT2D eigenvalue weighted by Crippen LogP contribution is 2.35. The SMILES string of the molecule is COc1[c]nc2cccc(-c3nocc3C(C)C)c2c1F. The van der Waals surface area contributed by atoms with Gasteiger partial charge in [0.05, 0.1) is 12.6 Å². The van der Waals surface area contributed by atoms with Crippen molar-refractivity contribution in [1.29, 1.82) is 0 Å². The molecule has 0 spiro atoms. The monoisotopic (exact) mass is 285 g/mol. The smallest absolute Gasteiger partial charge is 0.183 e. The molecule has 1 radical (unpaired) electrons. The number of hydrogen-bond donors (Lipinski definition) is 0. The third-order valence-electron chi connectivity index (χ3n) is 3.42. The van der Waals surface area contributed by atoms with Crippen LogP contribution in [-0.2, 0) is 0 Å². The van der Waals surface area contributed by atoms with Crippen LogP contribution >= 0.6 is 0 Å². The van der Waals surface area contributed by atoms with Crippen LogP contribution in [0.4, 0.5) is 4.39 Å². The normalized spacial score (nSPS) is 11.3. The summed E-state index contributed by atoms with van der Waals surface area (Å²) in [5.74, 6) is -0.282. The van der Waals surface area contributed by atoms with E-state index in [1.54, 1.807) is 18.4 Å². The van der Waals surface area contributed by atoms with Gasteiger partial charge in [-0.25, -0.2) is 9.37 Å². The molecule has 0 amide bonds. The molecule has 0 fully saturated rings. The molecule has 3 aromatic rings. The summed E-state index contributed by atoms with van der Waals surface area (Å²) in [6.45, 7) is 4.06. The molecule has 107 valence electrons. The molecule has 21 heavy (non-hydrogen) atoms. The lowest BCUT2D eigenvalue weighted by molar-refractivity contribution is 0.386. The predicted molar refractivity (Wildman–Crippen MR) is 76.7 cm³/mol. The fourth-order valence-corrected chi connectivity index (χ4v) is 2.33. The van der Waals surface area contributed by atoms with Crippen LogP contribution in [0.25, 0.3) is 22.2 Å². The predicted octanol–water partition coefficient (Wildman–Crippen LogP) is 3.96. The van der Waals surface area contributed by atoms with Crippen molar-refractivity contribution in [1.82, 2.24) is 10.1 Å². The largest absolute Gasteiger partial charge is 0.491 e. The van der Waals surface area contributed by atoms with Crippen molar-refractivity contribution in [3.63, 3.8) is 0 Å². The van der Waals surface area contributed by atoms with E-state index in [0.717, 1.165) is 5.56 Å². The summed E-state index contributed by atoms with van der Waals surface area (Å²) in [6.07, 6.45) is 4.14. The molecule has 0 aliphatic carbocycles. The first-order valence-electron chi connectivity index (χ1n) is 6.62. The number of aromatic nitrogens is 2. The van der Waals surface area contributed by atoms with E-state index in [9.17, 15) is 4.39 Å². The quantitative estimate of drug-likeness (QED) is 0.730. The Kier molecular flexibility index (Phi) is 3.33. The molecule has 0 saturated heterocycles. The molecule has 0 bridgehead atoms. The Bertz CT molecular complexity index is 796. The first kappa shape index (κ1) is 13.5. The molecule has 0 N–H and O–H groups in total. The van der Waals surface area contributed by atoms with E-state index in [2.05, 4.69) is 16.3 Å². The molecule has 0 saturated carbocycles. The Morgan fingerprint density at radius 1 is 1.33 bits per heavy atom. The fraction of sp³-hybridized carbons (Fsp3) is 0.250. The number of benzene rings is 1. The van der Waals surface area contributed by atoms with Gasteiger partial charge in [-0.05, 0) is 12.0 Å². The van der Waals surface area contributed by atoms with Gasteiger partial charge in [0.25, 0.3) is 0 Å². The van der Waals surface area contributed by atoms with Crippen LogP contribution in [0.5, 0.6) is 5.75 Å². The Morgan fingerprint density at radius 2 is 2.14 bits per heavy atom. The lowest BCUT2D eigenvalue weighted by atomic mass is 9.97. The van der Waals surface area contributed by atoms with Crippen molar-refractivity contribution in [2.24, 2.45) is 0 Å². The maximum Gasteiger partial charge on any atom is 0.183 e. The summed E-state index contributed by atoms with van der Waals surface area (Å²) < 4.78 is 24.6. The molecule has 0 aliphatic heterocycles. The second-order valence-electron chi connectivity index (χ2n) is 5.04. The summed E-state index contributed by atoms with van der Waals surface area (Å²) in [5, 5.41) is 4.40. The Morgan fingerprint density at radius 3 is 2.86 bits per heavy atom. The average Bonchev–Trinajstić information content (AvgIpc) is 2.96. The lowest BCUT2D eigenvalue weighted by Gasteiger charge is -2.09. The van der Waals surface area contributed by atoms with Crippen LogP contribution in [0.1, 0.15) is 25.3 Å². The zero-order chi connectivity index (χ0) is 15.0. The van der Waals surface area contributed by atoms with Gasteiger partial charge in [-0.15, -0.1) is 0 Å². The number of nitrogens with zero attached hydrogens (tertiary/aromatic N) is 2. The minimum Gasteiger partial charge on any atom is -0.491 e. The number of methoxy groups -OCH3 is 1. The molecular formula is C16H14FN2O2. The van der Waals surface area contributed by atoms with Gasteiger partial charge >= 0.3 is 0 Å². The lowest BCUT2D eigenvalue weighted by Crippen LogP contribution is -1.96. The number of pyridine rings is 1. The van der Waals surface area contributed by atoms with E-state index in [0.29, 0.717) is 22.2 Å². The fourth-order valence-electron chi connectivity index (χ4n) is 2.33. The van der Waals surface area contributed by atoms with Crippen LogP contribution < -0.4 is 4.74 Å². The van der Waals surface area contributed by atoms with Gasteiger partial charge in [-0.2, -0.15) is 0 Å². The molecular weight excluding hydrogens is 271 g/mol. The van der Waals surface area contributed by atoms with Gasteiger partial charge in [0.15, 0.2) is 11.6 Å². The minimum atomic E-state index is -0.490. The highest BCUT2D eigenvalue weighted by atomic mass is 19.1. The van der Waals surface area contributed by atoms with Crippen molar-refractivity contribution >= 4 is 10.9 Å². The van der Waals surface area contributed by atoms with Crippen molar-refractivity contribution < 1.29 is 13.7 Å². The van der Waals surface area contributed by atoms with E-state index in [1.165, 1.54) is 7.11 Å². The number of rotatable bonds is 3. The molecule has 0 unspecified atom stereocenters. The highest BCUT2D eigenvalue weighted by molar-refractivity contribution is 5.95. The summed E-state index contributed by atoms with van der Waals surface area (Å²) in [5.41, 5.74) is 2.70. The van der Waals surface area contributed by atoms with E-state index < -0.39 is 5.82 Å². The molecule has 5 heteroatoms. The van der Waals surface area contributed by atoms with Crippen molar-refractivity contribution in [3.8, 4) is 17.0 Å². The number of hydrogen-bond acceptors (Lipinski definition) is 4. The van der Waals surface area contributed by atoms with Gasteiger partial charge in [0.1, 0.15) is 18.2 Å². The first-order valence-corrected chi connectivity index (χ1v) is 6.62. The number of ether oxygens (including phenoxy) is 1. The molecule has 2 aromatic heterocycles. The zero-order valence-corrected chi connectivity index (χ0v) is 12.0. The van der Waals surface area contributed by atoms with Gasteiger partial charge < -0.3 is 9.26 Å². The standard InChI is InChI=1S/C16H14FN2O2/c1-9(2)11-8-21-19-16(11)10-5-4-6-12-14(10)15(17)13(20-3)7-18-12/h4-6,8-9H,1-3H3. The van der Waals surface area contributed by atoms with E-state index in [-0.39, 0.29) is 11.7 Å². The Hall–Kier alpha value is -2.43. The molecule has 3 rings (SSSR count). The van der Waals surface area contributed by atoms with Crippen LogP contribution in [-0.4, -0.2) is 17.3 Å². The highest BCUT2D eigenvalue weighted by Gasteiger charge is 2.19. The summed E-state index contributed by atoms with van der Waals surface area (Å²) >= 11 is 0. The van der Waals surface area contributed by atoms with E-state index >= 15 is 0 Å². The number of fused-ring (bicyclic) bond motifs is 1.